The Labute approximate surface area is 195 Å². The van der Waals surface area contributed by atoms with E-state index < -0.39 is 0 Å². The number of carbonyl (C=O) groups is 1. The van der Waals surface area contributed by atoms with E-state index in [-0.39, 0.29) is 17.6 Å². The maximum atomic E-state index is 13.4. The molecule has 3 saturated heterocycles. The van der Waals surface area contributed by atoms with Gasteiger partial charge >= 0.3 is 0 Å². The number of rotatable bonds is 5. The van der Waals surface area contributed by atoms with Crippen molar-refractivity contribution in [1.29, 1.82) is 0 Å². The van der Waals surface area contributed by atoms with Crippen molar-refractivity contribution in [2.75, 3.05) is 32.8 Å². The number of carbonyl (C=O) groups excluding carboxylic acids is 1. The predicted molar refractivity (Wildman–Crippen MR) is 125 cm³/mol. The van der Waals surface area contributed by atoms with Gasteiger partial charge in [-0.2, -0.15) is 0 Å². The fourth-order valence-electron chi connectivity index (χ4n) is 5.27. The first-order valence-electron chi connectivity index (χ1n) is 11.8. The summed E-state index contributed by atoms with van der Waals surface area (Å²) in [6, 6.07) is 15.6. The summed E-state index contributed by atoms with van der Waals surface area (Å²) in [5.74, 6) is 0.976. The first-order chi connectivity index (χ1) is 15.6. The lowest BCUT2D eigenvalue weighted by Crippen LogP contribution is -2.47. The number of benzene rings is 2. The van der Waals surface area contributed by atoms with Crippen molar-refractivity contribution in [1.82, 2.24) is 9.80 Å². The highest BCUT2D eigenvalue weighted by molar-refractivity contribution is 6.30. The Balaban J connectivity index is 1.18. The number of halogens is 1. The number of amides is 1. The number of piperidine rings is 1. The van der Waals surface area contributed by atoms with E-state index >= 15 is 0 Å². The molecular weight excluding hydrogens is 424 g/mol. The third-order valence-electron chi connectivity index (χ3n) is 7.09. The van der Waals surface area contributed by atoms with Crippen LogP contribution >= 0.6 is 11.6 Å². The Morgan fingerprint density at radius 2 is 1.75 bits per heavy atom. The van der Waals surface area contributed by atoms with Gasteiger partial charge in [-0.25, -0.2) is 0 Å². The van der Waals surface area contributed by atoms with Crippen LogP contribution in [0.5, 0.6) is 5.75 Å². The SMILES string of the molecule is O=C(c1ccccc1CN1CCCC1)N1CCC2(CC1)C[C@@H](Oc1ccc(Cl)cc1)CO2. The Bertz CT molecular complexity index is 934. The molecule has 170 valence electrons. The maximum Gasteiger partial charge on any atom is 0.254 e. The lowest BCUT2D eigenvalue weighted by molar-refractivity contribution is -0.0396. The van der Waals surface area contributed by atoms with E-state index in [9.17, 15) is 4.79 Å². The van der Waals surface area contributed by atoms with E-state index in [0.29, 0.717) is 11.6 Å². The number of hydrogen-bond donors (Lipinski definition) is 0. The fraction of sp³-hybridized carbons (Fsp3) is 0.500. The second kappa shape index (κ2) is 9.42. The topological polar surface area (TPSA) is 42.0 Å². The number of likely N-dealkylation sites (tertiary alicyclic amines) is 2. The molecule has 0 unspecified atom stereocenters. The van der Waals surface area contributed by atoms with Crippen LogP contribution in [-0.4, -0.2) is 60.2 Å². The summed E-state index contributed by atoms with van der Waals surface area (Å²) in [4.78, 5) is 17.8. The van der Waals surface area contributed by atoms with Crippen molar-refractivity contribution in [2.24, 2.45) is 0 Å². The summed E-state index contributed by atoms with van der Waals surface area (Å²) in [7, 11) is 0. The Kier molecular flexibility index (Phi) is 6.40. The molecule has 1 atom stereocenters. The molecule has 3 fully saturated rings. The molecule has 6 heteroatoms. The van der Waals surface area contributed by atoms with Crippen molar-refractivity contribution in [3.05, 3.63) is 64.7 Å². The zero-order valence-corrected chi connectivity index (χ0v) is 19.2. The van der Waals surface area contributed by atoms with Crippen LogP contribution in [0.4, 0.5) is 0 Å². The third-order valence-corrected chi connectivity index (χ3v) is 7.35. The Morgan fingerprint density at radius 3 is 2.50 bits per heavy atom. The van der Waals surface area contributed by atoms with Crippen LogP contribution in [0.1, 0.15) is 48.0 Å². The van der Waals surface area contributed by atoms with Crippen LogP contribution in [0, 0.1) is 0 Å². The molecule has 0 bridgehead atoms. The smallest absolute Gasteiger partial charge is 0.254 e. The minimum absolute atomic E-state index is 0.0413. The van der Waals surface area contributed by atoms with E-state index in [1.807, 2.05) is 47.4 Å². The molecular formula is C26H31ClN2O3. The molecule has 0 saturated carbocycles. The minimum atomic E-state index is -0.178. The Morgan fingerprint density at radius 1 is 1.03 bits per heavy atom. The third kappa shape index (κ3) is 4.80. The van der Waals surface area contributed by atoms with Gasteiger partial charge in [0.1, 0.15) is 11.9 Å². The van der Waals surface area contributed by atoms with E-state index in [4.69, 9.17) is 21.1 Å². The molecule has 0 N–H and O–H groups in total. The molecule has 5 nitrogen and oxygen atoms in total. The van der Waals surface area contributed by atoms with Crippen LogP contribution in [0.25, 0.3) is 0 Å². The fourth-order valence-corrected chi connectivity index (χ4v) is 5.39. The minimum Gasteiger partial charge on any atom is -0.488 e. The molecule has 2 aromatic carbocycles. The predicted octanol–water partition coefficient (Wildman–Crippen LogP) is 4.78. The van der Waals surface area contributed by atoms with Gasteiger partial charge in [-0.05, 0) is 74.7 Å². The van der Waals surface area contributed by atoms with Gasteiger partial charge in [-0.1, -0.05) is 29.8 Å². The molecule has 0 aromatic heterocycles. The quantitative estimate of drug-likeness (QED) is 0.652. The van der Waals surface area contributed by atoms with Crippen LogP contribution in [0.3, 0.4) is 0 Å². The zero-order valence-electron chi connectivity index (χ0n) is 18.5. The first-order valence-corrected chi connectivity index (χ1v) is 12.1. The summed E-state index contributed by atoms with van der Waals surface area (Å²) in [6.07, 6.45) is 5.13. The summed E-state index contributed by atoms with van der Waals surface area (Å²) in [5, 5.41) is 0.704. The Hall–Kier alpha value is -2.08. The van der Waals surface area contributed by atoms with E-state index in [1.54, 1.807) is 0 Å². The van der Waals surface area contributed by atoms with E-state index in [1.165, 1.54) is 12.8 Å². The number of nitrogens with zero attached hydrogens (tertiary/aromatic N) is 2. The summed E-state index contributed by atoms with van der Waals surface area (Å²) < 4.78 is 12.4. The van der Waals surface area contributed by atoms with E-state index in [2.05, 4.69) is 11.0 Å². The number of hydrogen-bond acceptors (Lipinski definition) is 4. The van der Waals surface area contributed by atoms with Gasteiger partial charge in [0.05, 0.1) is 12.2 Å². The lowest BCUT2D eigenvalue weighted by Gasteiger charge is -2.38. The zero-order chi connectivity index (χ0) is 22.0. The van der Waals surface area contributed by atoms with Gasteiger partial charge in [-0.3, -0.25) is 9.69 Å². The van der Waals surface area contributed by atoms with Crippen LogP contribution < -0.4 is 4.74 Å². The normalized spacial score (nSPS) is 23.0. The van der Waals surface area contributed by atoms with Crippen molar-refractivity contribution >= 4 is 17.5 Å². The summed E-state index contributed by atoms with van der Waals surface area (Å²) in [6.45, 7) is 5.17. The molecule has 1 spiro atoms. The summed E-state index contributed by atoms with van der Waals surface area (Å²) >= 11 is 5.97. The molecule has 3 heterocycles. The van der Waals surface area contributed by atoms with Crippen molar-refractivity contribution in [3.8, 4) is 5.75 Å². The maximum absolute atomic E-state index is 13.4. The van der Waals surface area contributed by atoms with Gasteiger partial charge in [-0.15, -0.1) is 0 Å². The van der Waals surface area contributed by atoms with Crippen molar-refractivity contribution in [3.63, 3.8) is 0 Å². The highest BCUT2D eigenvalue weighted by Gasteiger charge is 2.44. The average molecular weight is 455 g/mol. The molecule has 1 amide bonds. The monoisotopic (exact) mass is 454 g/mol. The van der Waals surface area contributed by atoms with Gasteiger partial charge in [0.25, 0.3) is 5.91 Å². The lowest BCUT2D eigenvalue weighted by atomic mass is 9.87. The molecule has 3 aliphatic heterocycles. The van der Waals surface area contributed by atoms with Gasteiger partial charge in [0.15, 0.2) is 0 Å². The standard InChI is InChI=1S/C26H31ClN2O3/c27-21-7-9-22(10-8-21)32-23-17-26(31-19-23)11-15-29(16-12-26)25(30)24-6-2-1-5-20(24)18-28-13-3-4-14-28/h1-2,5-10,23H,3-4,11-19H2/t23-/m1/s1. The largest absolute Gasteiger partial charge is 0.488 e. The highest BCUT2D eigenvalue weighted by atomic mass is 35.5. The van der Waals surface area contributed by atoms with Gasteiger partial charge in [0.2, 0.25) is 0 Å². The van der Waals surface area contributed by atoms with Crippen molar-refractivity contribution < 1.29 is 14.3 Å². The number of ether oxygens (including phenoxy) is 2. The average Bonchev–Trinajstić information content (AvgIpc) is 3.46. The van der Waals surface area contributed by atoms with Crippen LogP contribution in [0.2, 0.25) is 5.02 Å². The molecule has 5 rings (SSSR count). The van der Waals surface area contributed by atoms with Crippen LogP contribution in [-0.2, 0) is 11.3 Å². The molecule has 3 aliphatic rings. The second-order valence-electron chi connectivity index (χ2n) is 9.32. The van der Waals surface area contributed by atoms with Gasteiger partial charge in [0, 0.05) is 36.6 Å². The molecule has 32 heavy (non-hydrogen) atoms. The van der Waals surface area contributed by atoms with Crippen LogP contribution in [0.15, 0.2) is 48.5 Å². The summed E-state index contributed by atoms with van der Waals surface area (Å²) in [5.41, 5.74) is 1.82. The first kappa shape index (κ1) is 21.7. The van der Waals surface area contributed by atoms with Gasteiger partial charge < -0.3 is 14.4 Å². The molecule has 0 radical (unpaired) electrons. The van der Waals surface area contributed by atoms with Crippen molar-refractivity contribution in [2.45, 2.75) is 50.4 Å². The molecule has 2 aromatic rings. The second-order valence-corrected chi connectivity index (χ2v) is 9.76. The van der Waals surface area contributed by atoms with E-state index in [0.717, 1.165) is 68.9 Å². The highest BCUT2D eigenvalue weighted by Crippen LogP contribution is 2.38. The molecule has 0 aliphatic carbocycles.